The third kappa shape index (κ3) is 22.0. The van der Waals surface area contributed by atoms with Crippen molar-refractivity contribution in [2.75, 3.05) is 144 Å². The maximum Gasteiger partial charge on any atom is 0.410 e. The zero-order valence-corrected chi connectivity index (χ0v) is 81.6. The molecule has 1 saturated carbocycles. The van der Waals surface area contributed by atoms with Crippen LogP contribution in [0, 0.1) is 93.7 Å². The van der Waals surface area contributed by atoms with Crippen molar-refractivity contribution in [2.45, 2.75) is 224 Å². The zero-order chi connectivity index (χ0) is 99.2. The Balaban J connectivity index is 0.000000120. The first kappa shape index (κ1) is 103. The number of nitrogens with zero attached hydrogens (tertiary/aromatic N) is 10. The standard InChI is InChI=1S/C20H29F2N3O3S.C20H27F2N3O3.C19H25F2N3O3S.C19H27F2N3O3S.C18H23F2N3O3/c1-12(2)11-29(26,27)25-8-13-7-24(9-19(13)25)15-6-18(23)20(28-10-15)16-5-14(21)3-4-17(16)22;1-11(2)28-20(26)25-8-12-7-24(9-18(12)25)14-6-17(23)19(27-10-14)15-5-13(21)3-4-16(15)22;20-12-1-4-16(21)15(5-12)19-17(22)6-13(10-27-19)23-7-11-8-24(18(11)9-23)28(25,26)14-2-3-14;1-11(2)28(25,26)24-8-12-7-23(9-18(12)24)14-6-17(22)19(27-10-14)15-5-13(20)3-4-16(15)21;1-25-18(24)23-7-10-6-22(8-16(10)23)12-5-15(21)17(26-9-12)13-4-11(19)2-3-14(13)20/h3-5,12-13,15,18-20H,6-11,23H2,1-2H3;3-5,11-12,14,17-19H,6-10,23H2,1-2H3;1,4-5,11,13-14,17-19H,2-3,6-10,22H2;3-5,11-12,14,17-19H,6-10,22H2,1-2H3;2-4,10,12,15-17H,5-9,21H2,1H3/t13?,15-,18+,19?,20-;12?,14-,17+,18?,19-;11?,13-,17+,18?,19-;12?,14-,17+,18?,19-;10?,12-,15+,16?,17-/m11111/s1. The summed E-state index contributed by atoms with van der Waals surface area (Å²) in [6, 6.07) is 15.3. The second-order valence-electron chi connectivity index (χ2n) is 41.7. The summed E-state index contributed by atoms with van der Waals surface area (Å²) in [5, 5.41) is -0.591. The van der Waals surface area contributed by atoms with E-state index in [9.17, 15) is 78.7 Å². The van der Waals surface area contributed by atoms with Gasteiger partial charge in [-0.1, -0.05) is 13.8 Å². The van der Waals surface area contributed by atoms with Crippen LogP contribution < -0.4 is 28.7 Å². The summed E-state index contributed by atoms with van der Waals surface area (Å²) in [4.78, 5) is 38.7. The molecule has 15 saturated heterocycles. The molecule has 10 unspecified atom stereocenters. The Morgan fingerprint density at radius 1 is 0.360 bits per heavy atom. The molecular weight excluding hydrogens is 1890 g/mol. The highest BCUT2D eigenvalue weighted by atomic mass is 32.2. The lowest BCUT2D eigenvalue weighted by atomic mass is 9.93. The molecule has 21 rings (SSSR count). The maximum atomic E-state index is 14.1. The van der Waals surface area contributed by atoms with Crippen molar-refractivity contribution >= 4 is 42.3 Å². The topological polar surface area (TPSA) is 364 Å². The number of hydrogen-bond donors (Lipinski definition) is 5. The number of likely N-dealkylation sites (tertiary alicyclic amines) is 7. The first-order chi connectivity index (χ1) is 66.0. The fourth-order valence-corrected chi connectivity index (χ4v) is 29.3. The summed E-state index contributed by atoms with van der Waals surface area (Å²) in [6.45, 7) is 23.8. The van der Waals surface area contributed by atoms with Gasteiger partial charge in [0.15, 0.2) is 0 Å². The Bertz CT molecular complexity index is 5460. The van der Waals surface area contributed by atoms with Crippen molar-refractivity contribution in [3.63, 3.8) is 0 Å². The van der Waals surface area contributed by atoms with E-state index in [4.69, 9.17) is 61.8 Å². The number of carbonyl (C=O) groups excluding carboxylic acids is 2. The van der Waals surface area contributed by atoms with Crippen LogP contribution in [0.3, 0.4) is 0 Å². The van der Waals surface area contributed by atoms with Crippen LogP contribution in [0.5, 0.6) is 0 Å². The van der Waals surface area contributed by atoms with Crippen LogP contribution >= 0.6 is 0 Å². The van der Waals surface area contributed by atoms with Gasteiger partial charge in [0.2, 0.25) is 30.1 Å². The highest BCUT2D eigenvalue weighted by molar-refractivity contribution is 7.90. The summed E-state index contributed by atoms with van der Waals surface area (Å²) >= 11 is 0. The minimum absolute atomic E-state index is 0.0158. The van der Waals surface area contributed by atoms with Gasteiger partial charge in [-0.2, -0.15) is 12.9 Å². The van der Waals surface area contributed by atoms with Gasteiger partial charge in [-0.25, -0.2) is 78.7 Å². The summed E-state index contributed by atoms with van der Waals surface area (Å²) < 4.78 is 257. The number of benzene rings is 5. The largest absolute Gasteiger partial charge is 0.453 e. The molecule has 10 N–H and O–H groups in total. The lowest BCUT2D eigenvalue weighted by molar-refractivity contribution is -0.0476. The number of halogens is 10. The van der Waals surface area contributed by atoms with E-state index >= 15 is 0 Å². The molecule has 0 aromatic heterocycles. The van der Waals surface area contributed by atoms with Crippen LogP contribution in [0.15, 0.2) is 91.0 Å². The van der Waals surface area contributed by atoms with Crippen molar-refractivity contribution in [3.05, 3.63) is 177 Å². The molecule has 768 valence electrons. The van der Waals surface area contributed by atoms with E-state index in [-0.39, 0.29) is 123 Å². The normalized spacial score (nSPS) is 34.4. The Morgan fingerprint density at radius 2 is 0.626 bits per heavy atom. The molecule has 139 heavy (non-hydrogen) atoms. The van der Waals surface area contributed by atoms with Gasteiger partial charge in [0.05, 0.1) is 74.6 Å². The quantitative estimate of drug-likeness (QED) is 0.0516. The van der Waals surface area contributed by atoms with Gasteiger partial charge in [-0.3, -0.25) is 24.5 Å². The number of amides is 2. The Morgan fingerprint density at radius 3 is 0.899 bits per heavy atom. The number of methoxy groups -OCH3 is 1. The van der Waals surface area contributed by atoms with E-state index in [2.05, 4.69) is 24.5 Å². The minimum atomic E-state index is -3.24. The monoisotopic (exact) mass is 2020 g/mol. The Kier molecular flexibility index (Phi) is 31.5. The predicted molar refractivity (Wildman–Crippen MR) is 494 cm³/mol. The number of carbonyl (C=O) groups is 2. The Labute approximate surface area is 806 Å². The zero-order valence-electron chi connectivity index (χ0n) is 79.2. The van der Waals surface area contributed by atoms with Crippen LogP contribution in [-0.2, 0) is 63.2 Å². The summed E-state index contributed by atoms with van der Waals surface area (Å²) in [6.07, 6.45) is 0.645. The van der Waals surface area contributed by atoms with Crippen LogP contribution in [0.25, 0.3) is 0 Å². The number of nitrogens with two attached hydrogens (primary N) is 5. The molecule has 0 radical (unpaired) electrons. The molecule has 30 nitrogen and oxygen atoms in total. The fraction of sp³-hybridized carbons (Fsp3) is 0.667. The number of fused-ring (bicyclic) bond motifs is 5. The number of ether oxygens (including phenoxy) is 7. The van der Waals surface area contributed by atoms with E-state index in [0.717, 1.165) is 150 Å². The molecule has 15 aliphatic heterocycles. The van der Waals surface area contributed by atoms with Gasteiger partial charge in [-0.05, 0) is 170 Å². The second-order valence-corrected chi connectivity index (χ2v) is 48.3. The van der Waals surface area contributed by atoms with Crippen molar-refractivity contribution in [2.24, 2.45) is 64.2 Å². The molecule has 1 aliphatic carbocycles. The molecule has 25 atom stereocenters. The molecular formula is C96H131F10N15O15S3. The van der Waals surface area contributed by atoms with Crippen molar-refractivity contribution < 1.29 is 112 Å². The van der Waals surface area contributed by atoms with Gasteiger partial charge in [0.25, 0.3) is 0 Å². The third-order valence-corrected chi connectivity index (χ3v) is 38.1. The lowest BCUT2D eigenvalue weighted by Crippen LogP contribution is -2.59. The Hall–Kier alpha value is -6.93. The van der Waals surface area contributed by atoms with E-state index in [1.165, 1.54) is 7.11 Å². The van der Waals surface area contributed by atoms with E-state index in [1.807, 2.05) is 27.7 Å². The summed E-state index contributed by atoms with van der Waals surface area (Å²) in [5.41, 5.74) is 32.2. The summed E-state index contributed by atoms with van der Waals surface area (Å²) in [5.74, 6) is -2.90. The molecule has 0 spiro atoms. The first-order valence-electron chi connectivity index (χ1n) is 48.6. The molecule has 5 aromatic rings. The highest BCUT2D eigenvalue weighted by Crippen LogP contribution is 2.48. The molecule has 16 aliphatic rings. The van der Waals surface area contributed by atoms with Crippen LogP contribution in [0.2, 0.25) is 0 Å². The molecule has 43 heteroatoms. The fourth-order valence-electron chi connectivity index (χ4n) is 23.5. The summed E-state index contributed by atoms with van der Waals surface area (Å²) in [7, 11) is -8.20. The molecule has 2 amide bonds. The third-order valence-electron chi connectivity index (χ3n) is 31.2. The van der Waals surface area contributed by atoms with Crippen LogP contribution in [0.1, 0.15) is 145 Å². The predicted octanol–water partition coefficient (Wildman–Crippen LogP) is 8.22. The number of sulfonamides is 3. The second kappa shape index (κ2) is 42.3. The molecule has 0 bridgehead atoms. The maximum absolute atomic E-state index is 14.1. The van der Waals surface area contributed by atoms with E-state index in [0.29, 0.717) is 147 Å². The average Bonchev–Trinajstić information content (AvgIpc) is 1.58. The van der Waals surface area contributed by atoms with Gasteiger partial charge in [0, 0.05) is 234 Å². The van der Waals surface area contributed by atoms with Gasteiger partial charge >= 0.3 is 12.2 Å². The SMILES string of the molecule is CC(C)CS(=O)(=O)N1CC2CN([C@H]3CO[C@H](c4cc(F)ccc4F)[C@@H](N)C3)CC21.CC(C)OC(=O)N1CC2CN([C@H]3CO[C@H](c4cc(F)ccc4F)[C@@H](N)C3)CC21.CC(C)S(=O)(=O)N1CC2CN([C@H]3CO[C@H](c4cc(F)ccc4F)[C@@H](N)C3)CC21.COC(=O)N1CC2CN([C@H]3CO[C@H](c4cc(F)ccc4F)[C@@H](N)C3)CC21.N[C@H]1C[C@@H](N2CC3CN(S(=O)(=O)C4CC4)C3C2)CO[C@@H]1c1cc(F)ccc1F. The number of hydrogen-bond acceptors (Lipinski definition) is 25. The van der Waals surface area contributed by atoms with Crippen LogP contribution in [-0.4, -0.2) is 336 Å². The van der Waals surface area contributed by atoms with Crippen LogP contribution in [0.4, 0.5) is 53.5 Å². The molecule has 5 aromatic carbocycles. The van der Waals surface area contributed by atoms with E-state index in [1.54, 1.807) is 36.6 Å². The number of rotatable bonds is 18. The van der Waals surface area contributed by atoms with Crippen molar-refractivity contribution in [3.8, 4) is 0 Å². The van der Waals surface area contributed by atoms with Gasteiger partial charge < -0.3 is 71.6 Å². The highest BCUT2D eigenvalue weighted by Gasteiger charge is 2.59. The van der Waals surface area contributed by atoms with Crippen molar-refractivity contribution in [1.82, 2.24) is 47.2 Å². The lowest BCUT2D eigenvalue weighted by Gasteiger charge is -2.43. The van der Waals surface area contributed by atoms with E-state index < -0.39 is 154 Å². The average molecular weight is 2020 g/mol. The first-order valence-corrected chi connectivity index (χ1v) is 53.2. The smallest absolute Gasteiger partial charge is 0.410 e. The minimum Gasteiger partial charge on any atom is -0.453 e. The van der Waals surface area contributed by atoms with Crippen molar-refractivity contribution in [1.29, 1.82) is 0 Å². The molecule has 16 fully saturated rings. The van der Waals surface area contributed by atoms with Gasteiger partial charge in [-0.15, -0.1) is 0 Å². The van der Waals surface area contributed by atoms with Gasteiger partial charge in [0.1, 0.15) is 88.7 Å². The molecule has 15 heterocycles.